The largest absolute Gasteiger partial charge is 0.356 e. The summed E-state index contributed by atoms with van der Waals surface area (Å²) in [6.45, 7) is 2.13. The topological polar surface area (TPSA) is 61.0 Å². The number of nitrogens with zero attached hydrogens (tertiary/aromatic N) is 2. The van der Waals surface area contributed by atoms with E-state index in [1.165, 1.54) is 12.7 Å². The zero-order valence-electron chi connectivity index (χ0n) is 9.57. The molecule has 0 bridgehead atoms. The van der Waals surface area contributed by atoms with Gasteiger partial charge in [0, 0.05) is 19.2 Å². The molecule has 0 aliphatic carbocycles. The van der Waals surface area contributed by atoms with Crippen LogP contribution in [0, 0.1) is 0 Å². The first-order chi connectivity index (χ1) is 7.77. The van der Waals surface area contributed by atoms with E-state index in [-0.39, 0.29) is 5.56 Å². The number of rotatable bonds is 2. The Labute approximate surface area is 94.9 Å². The molecule has 16 heavy (non-hydrogen) atoms. The lowest BCUT2D eigenvalue weighted by Gasteiger charge is -2.27. The molecule has 0 amide bonds. The normalized spacial score (nSPS) is 21.4. The van der Waals surface area contributed by atoms with Gasteiger partial charge < -0.3 is 15.2 Å². The summed E-state index contributed by atoms with van der Waals surface area (Å²) in [7, 11) is 2.01. The van der Waals surface area contributed by atoms with E-state index in [0.29, 0.717) is 6.04 Å². The number of aromatic nitrogens is 2. The Bertz CT molecular complexity index is 382. The molecule has 0 spiro atoms. The van der Waals surface area contributed by atoms with Crippen LogP contribution in [-0.4, -0.2) is 36.1 Å². The minimum Gasteiger partial charge on any atom is -0.356 e. The van der Waals surface area contributed by atoms with Crippen LogP contribution in [0.15, 0.2) is 17.2 Å². The van der Waals surface area contributed by atoms with Crippen molar-refractivity contribution < 1.29 is 0 Å². The molecule has 2 rings (SSSR count). The van der Waals surface area contributed by atoms with Gasteiger partial charge in [-0.3, -0.25) is 4.79 Å². The number of nitrogens with one attached hydrogen (secondary N) is 2. The molecule has 1 fully saturated rings. The predicted molar refractivity (Wildman–Crippen MR) is 63.8 cm³/mol. The summed E-state index contributed by atoms with van der Waals surface area (Å²) in [5, 5.41) is 3.38. The summed E-state index contributed by atoms with van der Waals surface area (Å²) < 4.78 is 0. The maximum Gasteiger partial charge on any atom is 0.252 e. The molecule has 2 N–H and O–H groups in total. The molecular formula is C11H18N4O. The minimum absolute atomic E-state index is 0.0939. The third kappa shape index (κ3) is 2.61. The number of hydrogen-bond acceptors (Lipinski definition) is 4. The molecule has 0 aromatic carbocycles. The standard InChI is InChI=1S/C11H18N4O/c1-15(9-3-2-5-12-6-4-9)10-7-11(16)14-8-13-10/h7-9,12H,2-6H2,1H3,(H,13,14,16). The Kier molecular flexibility index (Phi) is 3.56. The van der Waals surface area contributed by atoms with Crippen molar-refractivity contribution in [2.45, 2.75) is 25.3 Å². The highest BCUT2D eigenvalue weighted by Crippen LogP contribution is 2.16. The molecule has 1 aliphatic heterocycles. The molecule has 5 nitrogen and oxygen atoms in total. The molecule has 88 valence electrons. The molecule has 2 heterocycles. The van der Waals surface area contributed by atoms with Gasteiger partial charge in [-0.05, 0) is 32.4 Å². The molecule has 1 aromatic rings. The fourth-order valence-electron chi connectivity index (χ4n) is 2.13. The van der Waals surface area contributed by atoms with Crippen LogP contribution in [0.3, 0.4) is 0 Å². The van der Waals surface area contributed by atoms with E-state index in [9.17, 15) is 4.79 Å². The zero-order chi connectivity index (χ0) is 11.4. The third-order valence-electron chi connectivity index (χ3n) is 3.12. The first-order valence-corrected chi connectivity index (χ1v) is 5.75. The summed E-state index contributed by atoms with van der Waals surface area (Å²) in [5.41, 5.74) is -0.0939. The molecule has 1 saturated heterocycles. The van der Waals surface area contributed by atoms with E-state index in [1.54, 1.807) is 6.07 Å². The summed E-state index contributed by atoms with van der Waals surface area (Å²) >= 11 is 0. The summed E-state index contributed by atoms with van der Waals surface area (Å²) in [5.74, 6) is 0.760. The van der Waals surface area contributed by atoms with Crippen molar-refractivity contribution in [2.75, 3.05) is 25.0 Å². The van der Waals surface area contributed by atoms with Gasteiger partial charge in [0.05, 0.1) is 6.33 Å². The number of H-pyrrole nitrogens is 1. The van der Waals surface area contributed by atoms with Crippen LogP contribution < -0.4 is 15.8 Å². The fraction of sp³-hybridized carbons (Fsp3) is 0.636. The highest BCUT2D eigenvalue weighted by Gasteiger charge is 2.17. The average molecular weight is 222 g/mol. The zero-order valence-corrected chi connectivity index (χ0v) is 9.57. The fourth-order valence-corrected chi connectivity index (χ4v) is 2.13. The van der Waals surface area contributed by atoms with Crippen LogP contribution in [0.4, 0.5) is 5.82 Å². The second-order valence-electron chi connectivity index (χ2n) is 4.21. The predicted octanol–water partition coefficient (Wildman–Crippen LogP) is 0.348. The van der Waals surface area contributed by atoms with Crippen LogP contribution in [0.5, 0.6) is 0 Å². The van der Waals surface area contributed by atoms with Gasteiger partial charge in [-0.25, -0.2) is 4.98 Å². The van der Waals surface area contributed by atoms with Crippen molar-refractivity contribution in [3.05, 3.63) is 22.7 Å². The van der Waals surface area contributed by atoms with Gasteiger partial charge in [0.2, 0.25) is 0 Å². The number of anilines is 1. The van der Waals surface area contributed by atoms with Crippen molar-refractivity contribution in [1.82, 2.24) is 15.3 Å². The van der Waals surface area contributed by atoms with Crippen LogP contribution in [0.1, 0.15) is 19.3 Å². The van der Waals surface area contributed by atoms with E-state index in [2.05, 4.69) is 20.2 Å². The third-order valence-corrected chi connectivity index (χ3v) is 3.12. The molecule has 0 radical (unpaired) electrons. The Morgan fingerprint density at radius 2 is 2.31 bits per heavy atom. The summed E-state index contributed by atoms with van der Waals surface area (Å²) in [6.07, 6.45) is 4.89. The van der Waals surface area contributed by atoms with Gasteiger partial charge in [-0.2, -0.15) is 0 Å². The van der Waals surface area contributed by atoms with E-state index in [0.717, 1.165) is 31.7 Å². The Morgan fingerprint density at radius 3 is 3.12 bits per heavy atom. The van der Waals surface area contributed by atoms with Gasteiger partial charge in [0.1, 0.15) is 5.82 Å². The lowest BCUT2D eigenvalue weighted by Crippen LogP contribution is -2.33. The number of hydrogen-bond donors (Lipinski definition) is 2. The molecule has 0 saturated carbocycles. The molecule has 1 aromatic heterocycles. The minimum atomic E-state index is -0.0939. The van der Waals surface area contributed by atoms with Gasteiger partial charge in [-0.15, -0.1) is 0 Å². The van der Waals surface area contributed by atoms with Crippen LogP contribution in [0.25, 0.3) is 0 Å². The smallest absolute Gasteiger partial charge is 0.252 e. The van der Waals surface area contributed by atoms with Crippen molar-refractivity contribution in [2.24, 2.45) is 0 Å². The summed E-state index contributed by atoms with van der Waals surface area (Å²) in [6, 6.07) is 2.03. The maximum atomic E-state index is 11.2. The van der Waals surface area contributed by atoms with Crippen molar-refractivity contribution in [3.63, 3.8) is 0 Å². The van der Waals surface area contributed by atoms with Gasteiger partial charge >= 0.3 is 0 Å². The SMILES string of the molecule is CN(c1cc(=O)[nH]cn1)C1CCCNCC1. The highest BCUT2D eigenvalue weighted by atomic mass is 16.1. The maximum absolute atomic E-state index is 11.2. The lowest BCUT2D eigenvalue weighted by molar-refractivity contribution is 0.562. The van der Waals surface area contributed by atoms with Crippen LogP contribution in [-0.2, 0) is 0 Å². The molecule has 1 unspecified atom stereocenters. The van der Waals surface area contributed by atoms with E-state index in [4.69, 9.17) is 0 Å². The van der Waals surface area contributed by atoms with Gasteiger partial charge in [0.15, 0.2) is 0 Å². The van der Waals surface area contributed by atoms with E-state index in [1.807, 2.05) is 7.05 Å². The van der Waals surface area contributed by atoms with E-state index < -0.39 is 0 Å². The molecule has 1 atom stereocenters. The Balaban J connectivity index is 2.10. The number of aromatic amines is 1. The lowest BCUT2D eigenvalue weighted by atomic mass is 10.1. The van der Waals surface area contributed by atoms with Crippen LogP contribution in [0.2, 0.25) is 0 Å². The molecular weight excluding hydrogens is 204 g/mol. The average Bonchev–Trinajstić information content (AvgIpc) is 2.56. The second kappa shape index (κ2) is 5.12. The van der Waals surface area contributed by atoms with Crippen molar-refractivity contribution in [1.29, 1.82) is 0 Å². The van der Waals surface area contributed by atoms with Crippen LogP contribution >= 0.6 is 0 Å². The van der Waals surface area contributed by atoms with Crippen molar-refractivity contribution in [3.8, 4) is 0 Å². The first-order valence-electron chi connectivity index (χ1n) is 5.75. The van der Waals surface area contributed by atoms with E-state index >= 15 is 0 Å². The Morgan fingerprint density at radius 1 is 1.44 bits per heavy atom. The van der Waals surface area contributed by atoms with Crippen molar-refractivity contribution >= 4 is 5.82 Å². The van der Waals surface area contributed by atoms with Gasteiger partial charge in [0.25, 0.3) is 5.56 Å². The Hall–Kier alpha value is -1.36. The van der Waals surface area contributed by atoms with Gasteiger partial charge in [-0.1, -0.05) is 0 Å². The highest BCUT2D eigenvalue weighted by molar-refractivity contribution is 5.36. The molecule has 1 aliphatic rings. The summed E-state index contributed by atoms with van der Waals surface area (Å²) in [4.78, 5) is 20.1. The second-order valence-corrected chi connectivity index (χ2v) is 4.21. The molecule has 5 heteroatoms. The quantitative estimate of drug-likeness (QED) is 0.758. The first kappa shape index (κ1) is 11.1. The monoisotopic (exact) mass is 222 g/mol.